The van der Waals surface area contributed by atoms with E-state index in [4.69, 9.17) is 4.74 Å². The quantitative estimate of drug-likeness (QED) is 0.789. The number of ether oxygens (including phenoxy) is 1. The average molecular weight is 391 g/mol. The minimum atomic E-state index is -0.559. The van der Waals surface area contributed by atoms with Crippen LogP contribution in [0.25, 0.3) is 11.3 Å². The Morgan fingerprint density at radius 2 is 2.07 bits per heavy atom. The number of amides is 2. The molecule has 1 unspecified atom stereocenters. The van der Waals surface area contributed by atoms with Crippen LogP contribution in [0, 0.1) is 11.7 Å². The molecule has 144 valence electrons. The highest BCUT2D eigenvalue weighted by Crippen LogP contribution is 2.30. The maximum Gasteiger partial charge on any atom is 0.249 e. The molecule has 2 amide bonds. The van der Waals surface area contributed by atoms with Crippen LogP contribution in [0.3, 0.4) is 0 Å². The Morgan fingerprint density at radius 1 is 1.33 bits per heavy atom. The van der Waals surface area contributed by atoms with Crippen molar-refractivity contribution in [3.63, 3.8) is 0 Å². The molecule has 1 fully saturated rings. The summed E-state index contributed by atoms with van der Waals surface area (Å²) < 4.78 is 18.8. The van der Waals surface area contributed by atoms with Crippen LogP contribution in [0.15, 0.2) is 23.6 Å². The molecule has 6 nitrogen and oxygen atoms in total. The summed E-state index contributed by atoms with van der Waals surface area (Å²) in [6, 6.07) is 4.03. The van der Waals surface area contributed by atoms with Crippen molar-refractivity contribution in [1.29, 1.82) is 0 Å². The number of nitrogens with one attached hydrogen (secondary N) is 2. The fourth-order valence-electron chi connectivity index (χ4n) is 3.38. The van der Waals surface area contributed by atoms with E-state index < -0.39 is 11.9 Å². The zero-order chi connectivity index (χ0) is 19.4. The Bertz CT molecular complexity index is 833. The number of aromatic nitrogens is 1. The molecule has 0 saturated heterocycles. The van der Waals surface area contributed by atoms with Gasteiger partial charge in [0.1, 0.15) is 6.04 Å². The van der Waals surface area contributed by atoms with Crippen molar-refractivity contribution in [2.24, 2.45) is 5.92 Å². The van der Waals surface area contributed by atoms with Crippen LogP contribution in [-0.2, 0) is 9.59 Å². The van der Waals surface area contributed by atoms with Crippen molar-refractivity contribution in [1.82, 2.24) is 10.3 Å². The van der Waals surface area contributed by atoms with E-state index >= 15 is 0 Å². The lowest BCUT2D eigenvalue weighted by Crippen LogP contribution is -2.47. The largest absolute Gasteiger partial charge is 0.494 e. The third kappa shape index (κ3) is 4.63. The zero-order valence-electron chi connectivity index (χ0n) is 15.3. The average Bonchev–Trinajstić information content (AvgIpc) is 3.31. The van der Waals surface area contributed by atoms with Crippen LogP contribution < -0.4 is 15.4 Å². The summed E-state index contributed by atoms with van der Waals surface area (Å²) in [4.78, 5) is 28.5. The molecular weight excluding hydrogens is 369 g/mol. The van der Waals surface area contributed by atoms with Crippen molar-refractivity contribution >= 4 is 28.3 Å². The van der Waals surface area contributed by atoms with E-state index in [0.717, 1.165) is 25.7 Å². The van der Waals surface area contributed by atoms with E-state index in [1.165, 1.54) is 37.5 Å². The van der Waals surface area contributed by atoms with Gasteiger partial charge in [-0.3, -0.25) is 9.59 Å². The monoisotopic (exact) mass is 391 g/mol. The Balaban J connectivity index is 1.72. The van der Waals surface area contributed by atoms with Crippen LogP contribution in [0.5, 0.6) is 5.75 Å². The first-order valence-electron chi connectivity index (χ1n) is 8.85. The number of benzene rings is 1. The molecule has 1 aromatic carbocycles. The molecule has 3 rings (SSSR count). The molecule has 2 N–H and O–H groups in total. The van der Waals surface area contributed by atoms with Crippen LogP contribution in [0.4, 0.5) is 9.52 Å². The van der Waals surface area contributed by atoms with Crippen LogP contribution in [-0.4, -0.2) is 29.9 Å². The SMILES string of the molecule is COc1ccc(-c2csc(NC(=O)C(NC(C)=O)C3CCCC3)n2)cc1F. The Morgan fingerprint density at radius 3 is 2.70 bits per heavy atom. The standard InChI is InChI=1S/C19H22FN3O3S/c1-11(24)21-17(12-5-3-4-6-12)18(25)23-19-22-15(10-27-19)13-7-8-16(26-2)14(20)9-13/h7-10,12,17H,3-6H2,1-2H3,(H,21,24)(H,22,23,25). The molecule has 1 aliphatic rings. The predicted molar refractivity (Wildman–Crippen MR) is 102 cm³/mol. The highest BCUT2D eigenvalue weighted by atomic mass is 32.1. The van der Waals surface area contributed by atoms with Gasteiger partial charge in [0.05, 0.1) is 12.8 Å². The number of thiazole rings is 1. The summed E-state index contributed by atoms with van der Waals surface area (Å²) in [6.45, 7) is 1.41. The number of carbonyl (C=O) groups is 2. The Hall–Kier alpha value is -2.48. The lowest BCUT2D eigenvalue weighted by Gasteiger charge is -2.22. The predicted octanol–water partition coefficient (Wildman–Crippen LogP) is 3.59. The summed E-state index contributed by atoms with van der Waals surface area (Å²) in [5, 5.41) is 7.72. The summed E-state index contributed by atoms with van der Waals surface area (Å²) >= 11 is 1.26. The molecule has 1 atom stereocenters. The summed E-state index contributed by atoms with van der Waals surface area (Å²) in [5.41, 5.74) is 1.16. The molecular formula is C19H22FN3O3S. The first-order chi connectivity index (χ1) is 13.0. The first kappa shape index (κ1) is 19.3. The number of carbonyl (C=O) groups excluding carboxylic acids is 2. The second kappa shape index (κ2) is 8.47. The van der Waals surface area contributed by atoms with Crippen LogP contribution in [0.2, 0.25) is 0 Å². The second-order valence-electron chi connectivity index (χ2n) is 6.60. The smallest absolute Gasteiger partial charge is 0.249 e. The maximum absolute atomic E-state index is 13.9. The van der Waals surface area contributed by atoms with Gasteiger partial charge >= 0.3 is 0 Å². The number of hydrogen-bond acceptors (Lipinski definition) is 5. The molecule has 0 aliphatic heterocycles. The van der Waals surface area contributed by atoms with E-state index in [0.29, 0.717) is 16.4 Å². The minimum absolute atomic E-state index is 0.143. The summed E-state index contributed by atoms with van der Waals surface area (Å²) in [5.74, 6) is -0.656. The van der Waals surface area contributed by atoms with Gasteiger partial charge in [-0.05, 0) is 37.0 Å². The number of nitrogens with zero attached hydrogens (tertiary/aromatic N) is 1. The number of hydrogen-bond donors (Lipinski definition) is 2. The van der Waals surface area contributed by atoms with Crippen LogP contribution >= 0.6 is 11.3 Å². The van der Waals surface area contributed by atoms with Crippen molar-refractivity contribution in [3.05, 3.63) is 29.4 Å². The highest BCUT2D eigenvalue weighted by Gasteiger charge is 2.31. The lowest BCUT2D eigenvalue weighted by molar-refractivity contribution is -0.126. The number of halogens is 1. The lowest BCUT2D eigenvalue weighted by atomic mass is 9.97. The molecule has 0 radical (unpaired) electrons. The summed E-state index contributed by atoms with van der Waals surface area (Å²) in [7, 11) is 1.41. The zero-order valence-corrected chi connectivity index (χ0v) is 16.1. The minimum Gasteiger partial charge on any atom is -0.494 e. The molecule has 0 spiro atoms. The van der Waals surface area contributed by atoms with E-state index in [1.807, 2.05) is 0 Å². The van der Waals surface area contributed by atoms with Gasteiger partial charge in [-0.15, -0.1) is 11.3 Å². The van der Waals surface area contributed by atoms with Gasteiger partial charge < -0.3 is 15.4 Å². The van der Waals surface area contributed by atoms with Gasteiger partial charge in [-0.1, -0.05) is 12.8 Å². The second-order valence-corrected chi connectivity index (χ2v) is 7.46. The van der Waals surface area contributed by atoms with E-state index in [9.17, 15) is 14.0 Å². The van der Waals surface area contributed by atoms with E-state index in [1.54, 1.807) is 11.4 Å². The Labute approximate surface area is 161 Å². The van der Waals surface area contributed by atoms with Gasteiger partial charge in [0, 0.05) is 17.9 Å². The topological polar surface area (TPSA) is 80.3 Å². The fraction of sp³-hybridized carbons (Fsp3) is 0.421. The molecule has 1 heterocycles. The molecule has 1 aliphatic carbocycles. The third-order valence-corrected chi connectivity index (χ3v) is 5.45. The number of methoxy groups -OCH3 is 1. The van der Waals surface area contributed by atoms with Crippen molar-refractivity contribution < 1.29 is 18.7 Å². The van der Waals surface area contributed by atoms with E-state index in [2.05, 4.69) is 15.6 Å². The Kier molecular flexibility index (Phi) is 6.05. The number of rotatable bonds is 6. The molecule has 1 saturated carbocycles. The number of anilines is 1. The molecule has 0 bridgehead atoms. The van der Waals surface area contributed by atoms with Gasteiger partial charge in [0.25, 0.3) is 0 Å². The molecule has 1 aromatic heterocycles. The van der Waals surface area contributed by atoms with Gasteiger partial charge in [-0.25, -0.2) is 9.37 Å². The normalized spacial score (nSPS) is 15.4. The maximum atomic E-state index is 13.9. The van der Waals surface area contributed by atoms with E-state index in [-0.39, 0.29) is 23.5 Å². The fourth-order valence-corrected chi connectivity index (χ4v) is 4.10. The van der Waals surface area contributed by atoms with Crippen LogP contribution in [0.1, 0.15) is 32.6 Å². The van der Waals surface area contributed by atoms with Crippen molar-refractivity contribution in [3.8, 4) is 17.0 Å². The van der Waals surface area contributed by atoms with Crippen molar-refractivity contribution in [2.75, 3.05) is 12.4 Å². The summed E-state index contributed by atoms with van der Waals surface area (Å²) in [6.07, 6.45) is 3.98. The van der Waals surface area contributed by atoms with Gasteiger partial charge in [0.15, 0.2) is 16.7 Å². The third-order valence-electron chi connectivity index (χ3n) is 4.69. The molecule has 2 aromatic rings. The molecule has 8 heteroatoms. The molecule has 27 heavy (non-hydrogen) atoms. The first-order valence-corrected chi connectivity index (χ1v) is 9.73. The van der Waals surface area contributed by atoms with Crippen molar-refractivity contribution in [2.45, 2.75) is 38.6 Å². The highest BCUT2D eigenvalue weighted by molar-refractivity contribution is 7.14. The van der Waals surface area contributed by atoms with Gasteiger partial charge in [0.2, 0.25) is 11.8 Å². The van der Waals surface area contributed by atoms with Gasteiger partial charge in [-0.2, -0.15) is 0 Å².